The standard InChI is InChI=1S/C16H20N2O2S2/c1-2-13(15-4-3-8-22-15)17-16(19)18-6-7-20-14(10-18)12-5-9-21-11-12/h3-5,8-9,11,13-14H,2,6-7,10H2,1H3,(H,17,19)/t13-,14+/m1/s1. The van der Waals surface area contributed by atoms with Crippen LogP contribution in [0.3, 0.4) is 0 Å². The lowest BCUT2D eigenvalue weighted by Gasteiger charge is -2.33. The monoisotopic (exact) mass is 336 g/mol. The second-order valence-electron chi connectivity index (χ2n) is 5.29. The van der Waals surface area contributed by atoms with Crippen molar-refractivity contribution < 1.29 is 9.53 Å². The summed E-state index contributed by atoms with van der Waals surface area (Å²) in [7, 11) is 0. The van der Waals surface area contributed by atoms with Crippen molar-refractivity contribution in [2.45, 2.75) is 25.5 Å². The van der Waals surface area contributed by atoms with Gasteiger partial charge in [-0.05, 0) is 40.3 Å². The van der Waals surface area contributed by atoms with E-state index in [9.17, 15) is 4.79 Å². The van der Waals surface area contributed by atoms with Gasteiger partial charge in [0.15, 0.2) is 0 Å². The molecule has 1 N–H and O–H groups in total. The topological polar surface area (TPSA) is 41.6 Å². The molecule has 4 nitrogen and oxygen atoms in total. The summed E-state index contributed by atoms with van der Waals surface area (Å²) in [4.78, 5) is 15.6. The Morgan fingerprint density at radius 2 is 2.41 bits per heavy atom. The van der Waals surface area contributed by atoms with Crippen molar-refractivity contribution in [2.75, 3.05) is 19.7 Å². The molecule has 0 spiro atoms. The molecule has 118 valence electrons. The first-order valence-corrected chi connectivity index (χ1v) is 9.32. The van der Waals surface area contributed by atoms with Gasteiger partial charge in [0.2, 0.25) is 0 Å². The Bertz CT molecular complexity index is 583. The third-order valence-electron chi connectivity index (χ3n) is 3.86. The van der Waals surface area contributed by atoms with Crippen LogP contribution < -0.4 is 5.32 Å². The average Bonchev–Trinajstić information content (AvgIpc) is 3.25. The predicted octanol–water partition coefficient (Wildman–Crippen LogP) is 4.04. The smallest absolute Gasteiger partial charge is 0.318 e. The Hall–Kier alpha value is -1.37. The van der Waals surface area contributed by atoms with Crippen LogP contribution in [0.25, 0.3) is 0 Å². The summed E-state index contributed by atoms with van der Waals surface area (Å²) in [5.41, 5.74) is 1.16. The van der Waals surface area contributed by atoms with Crippen molar-refractivity contribution in [3.63, 3.8) is 0 Å². The quantitative estimate of drug-likeness (QED) is 0.915. The number of carbonyl (C=O) groups is 1. The Kier molecular flexibility index (Phi) is 5.12. The molecule has 1 saturated heterocycles. The van der Waals surface area contributed by atoms with Crippen LogP contribution in [0, 0.1) is 0 Å². The van der Waals surface area contributed by atoms with Gasteiger partial charge in [-0.1, -0.05) is 13.0 Å². The highest BCUT2D eigenvalue weighted by atomic mass is 32.1. The summed E-state index contributed by atoms with van der Waals surface area (Å²) >= 11 is 3.34. The predicted molar refractivity (Wildman–Crippen MR) is 90.5 cm³/mol. The number of hydrogen-bond acceptors (Lipinski definition) is 4. The molecule has 2 aromatic rings. The highest BCUT2D eigenvalue weighted by molar-refractivity contribution is 7.10. The molecule has 2 aromatic heterocycles. The number of urea groups is 1. The molecule has 0 aromatic carbocycles. The summed E-state index contributed by atoms with van der Waals surface area (Å²) < 4.78 is 5.79. The molecular weight excluding hydrogens is 316 g/mol. The Labute approximate surface area is 138 Å². The molecule has 0 bridgehead atoms. The van der Waals surface area contributed by atoms with E-state index in [1.807, 2.05) is 21.7 Å². The lowest BCUT2D eigenvalue weighted by molar-refractivity contribution is -0.0155. The van der Waals surface area contributed by atoms with E-state index >= 15 is 0 Å². The second kappa shape index (κ2) is 7.26. The van der Waals surface area contributed by atoms with Gasteiger partial charge < -0.3 is 15.0 Å². The van der Waals surface area contributed by atoms with Gasteiger partial charge in [-0.2, -0.15) is 11.3 Å². The minimum Gasteiger partial charge on any atom is -0.370 e. The molecule has 1 fully saturated rings. The third kappa shape index (κ3) is 3.51. The maximum atomic E-state index is 12.5. The fraction of sp³-hybridized carbons (Fsp3) is 0.438. The first kappa shape index (κ1) is 15.5. The van der Waals surface area contributed by atoms with Crippen LogP contribution in [0.5, 0.6) is 0 Å². The zero-order valence-electron chi connectivity index (χ0n) is 12.5. The van der Waals surface area contributed by atoms with Crippen LogP contribution in [0.15, 0.2) is 34.3 Å². The van der Waals surface area contributed by atoms with Crippen molar-refractivity contribution in [1.82, 2.24) is 10.2 Å². The second-order valence-corrected chi connectivity index (χ2v) is 7.05. The molecule has 0 saturated carbocycles. The molecular formula is C16H20N2O2S2. The van der Waals surface area contributed by atoms with E-state index in [4.69, 9.17) is 4.74 Å². The van der Waals surface area contributed by atoms with Crippen molar-refractivity contribution in [2.24, 2.45) is 0 Å². The largest absolute Gasteiger partial charge is 0.370 e. The number of thiophene rings is 2. The molecule has 1 aliphatic heterocycles. The van der Waals surface area contributed by atoms with Crippen molar-refractivity contribution >= 4 is 28.7 Å². The van der Waals surface area contributed by atoms with E-state index in [0.29, 0.717) is 19.7 Å². The zero-order valence-corrected chi connectivity index (χ0v) is 14.2. The Morgan fingerprint density at radius 3 is 3.09 bits per heavy atom. The molecule has 0 radical (unpaired) electrons. The number of morpholine rings is 1. The molecule has 6 heteroatoms. The Morgan fingerprint density at radius 1 is 1.50 bits per heavy atom. The van der Waals surface area contributed by atoms with E-state index in [-0.39, 0.29) is 18.2 Å². The SMILES string of the molecule is CC[C@@H](NC(=O)N1CCO[C@H](c2ccsc2)C1)c1cccs1. The number of carbonyl (C=O) groups excluding carboxylic acids is 1. The maximum absolute atomic E-state index is 12.5. The van der Waals surface area contributed by atoms with Crippen molar-refractivity contribution in [3.8, 4) is 0 Å². The van der Waals surface area contributed by atoms with Gasteiger partial charge in [-0.3, -0.25) is 0 Å². The summed E-state index contributed by atoms with van der Waals surface area (Å²) in [5.74, 6) is 0. The highest BCUT2D eigenvalue weighted by Crippen LogP contribution is 2.25. The maximum Gasteiger partial charge on any atom is 0.318 e. The van der Waals surface area contributed by atoms with Gasteiger partial charge in [-0.15, -0.1) is 11.3 Å². The van der Waals surface area contributed by atoms with Gasteiger partial charge in [-0.25, -0.2) is 4.79 Å². The average molecular weight is 336 g/mol. The summed E-state index contributed by atoms with van der Waals surface area (Å²) in [6, 6.07) is 6.26. The molecule has 2 amide bonds. The number of amides is 2. The first-order chi connectivity index (χ1) is 10.8. The zero-order chi connectivity index (χ0) is 15.4. The lowest BCUT2D eigenvalue weighted by Crippen LogP contribution is -2.47. The number of hydrogen-bond donors (Lipinski definition) is 1. The Balaban J connectivity index is 1.62. The molecule has 3 rings (SSSR count). The first-order valence-electron chi connectivity index (χ1n) is 7.50. The van der Waals surface area contributed by atoms with E-state index in [1.165, 1.54) is 4.88 Å². The number of rotatable bonds is 4. The van der Waals surface area contributed by atoms with E-state index in [1.54, 1.807) is 22.7 Å². The van der Waals surface area contributed by atoms with Gasteiger partial charge >= 0.3 is 6.03 Å². The minimum atomic E-state index is -0.00688. The molecule has 1 aliphatic rings. The number of ether oxygens (including phenoxy) is 1. The van der Waals surface area contributed by atoms with Crippen LogP contribution in [0.4, 0.5) is 4.79 Å². The van der Waals surface area contributed by atoms with Crippen LogP contribution in [-0.4, -0.2) is 30.6 Å². The fourth-order valence-electron chi connectivity index (χ4n) is 2.60. The van der Waals surface area contributed by atoms with Crippen LogP contribution in [0.1, 0.15) is 35.9 Å². The molecule has 22 heavy (non-hydrogen) atoms. The lowest BCUT2D eigenvalue weighted by atomic mass is 10.1. The summed E-state index contributed by atoms with van der Waals surface area (Å²) in [5, 5.41) is 9.33. The van der Waals surface area contributed by atoms with Crippen molar-refractivity contribution in [1.29, 1.82) is 0 Å². The molecule has 3 heterocycles. The van der Waals surface area contributed by atoms with Crippen molar-refractivity contribution in [3.05, 3.63) is 44.8 Å². The molecule has 0 unspecified atom stereocenters. The molecule has 0 aliphatic carbocycles. The highest BCUT2D eigenvalue weighted by Gasteiger charge is 2.27. The van der Waals surface area contributed by atoms with E-state index in [2.05, 4.69) is 29.8 Å². The van der Waals surface area contributed by atoms with Crippen LogP contribution >= 0.6 is 22.7 Å². The van der Waals surface area contributed by atoms with Crippen LogP contribution in [-0.2, 0) is 4.74 Å². The number of nitrogens with one attached hydrogen (secondary N) is 1. The van der Waals surface area contributed by atoms with Gasteiger partial charge in [0, 0.05) is 11.4 Å². The summed E-state index contributed by atoms with van der Waals surface area (Å²) in [6.45, 7) is 3.94. The van der Waals surface area contributed by atoms with Gasteiger partial charge in [0.05, 0.1) is 19.2 Å². The third-order valence-corrected chi connectivity index (χ3v) is 5.55. The minimum absolute atomic E-state index is 0.00350. The normalized spacial score (nSPS) is 19.9. The van der Waals surface area contributed by atoms with Gasteiger partial charge in [0.1, 0.15) is 6.10 Å². The van der Waals surface area contributed by atoms with E-state index in [0.717, 1.165) is 12.0 Å². The van der Waals surface area contributed by atoms with Crippen LogP contribution in [0.2, 0.25) is 0 Å². The molecule has 2 atom stereocenters. The van der Waals surface area contributed by atoms with E-state index < -0.39 is 0 Å². The van der Waals surface area contributed by atoms with Gasteiger partial charge in [0.25, 0.3) is 0 Å². The summed E-state index contributed by atoms with van der Waals surface area (Å²) in [6.07, 6.45) is 0.887. The number of nitrogens with zero attached hydrogens (tertiary/aromatic N) is 1. The fourth-order valence-corrected chi connectivity index (χ4v) is 4.16.